The Morgan fingerprint density at radius 1 is 1.05 bits per heavy atom. The second-order valence-corrected chi connectivity index (χ2v) is 5.58. The first-order valence-electron chi connectivity index (χ1n) is 6.44. The molecule has 0 spiro atoms. The third-order valence-electron chi connectivity index (χ3n) is 3.05. The molecule has 0 heterocycles. The van der Waals surface area contributed by atoms with Crippen LogP contribution in [-0.2, 0) is 11.3 Å². The SMILES string of the molecule is CC(N)C(OCc1ccccc1Cl)c1ccc(Cl)cc1. The zero-order chi connectivity index (χ0) is 14.5. The van der Waals surface area contributed by atoms with E-state index >= 15 is 0 Å². The molecule has 2 N–H and O–H groups in total. The van der Waals surface area contributed by atoms with Gasteiger partial charge in [0.1, 0.15) is 0 Å². The van der Waals surface area contributed by atoms with Gasteiger partial charge in [0.25, 0.3) is 0 Å². The van der Waals surface area contributed by atoms with Crippen molar-refractivity contribution < 1.29 is 4.74 Å². The third-order valence-corrected chi connectivity index (χ3v) is 3.67. The molecule has 2 aromatic carbocycles. The van der Waals surface area contributed by atoms with E-state index in [1.807, 2.05) is 55.5 Å². The molecule has 20 heavy (non-hydrogen) atoms. The largest absolute Gasteiger partial charge is 0.367 e. The number of hydrogen-bond acceptors (Lipinski definition) is 2. The predicted octanol–water partition coefficient (Wildman–Crippen LogP) is 4.60. The first-order chi connectivity index (χ1) is 9.58. The van der Waals surface area contributed by atoms with Gasteiger partial charge in [-0.25, -0.2) is 0 Å². The lowest BCUT2D eigenvalue weighted by molar-refractivity contribution is 0.0259. The predicted molar refractivity (Wildman–Crippen MR) is 84.1 cm³/mol. The standard InChI is InChI=1S/C16H17Cl2NO/c1-11(19)16(12-6-8-14(17)9-7-12)20-10-13-4-2-3-5-15(13)18/h2-9,11,16H,10,19H2,1H3. The van der Waals surface area contributed by atoms with Gasteiger partial charge in [0.2, 0.25) is 0 Å². The fourth-order valence-electron chi connectivity index (χ4n) is 2.00. The van der Waals surface area contributed by atoms with Crippen molar-refractivity contribution in [3.8, 4) is 0 Å². The first kappa shape index (κ1) is 15.3. The molecule has 0 amide bonds. The summed E-state index contributed by atoms with van der Waals surface area (Å²) in [5.74, 6) is 0. The van der Waals surface area contributed by atoms with Crippen LogP contribution in [0.1, 0.15) is 24.2 Å². The molecule has 2 aromatic rings. The topological polar surface area (TPSA) is 35.2 Å². The molecular weight excluding hydrogens is 293 g/mol. The highest BCUT2D eigenvalue weighted by atomic mass is 35.5. The maximum absolute atomic E-state index is 6.13. The highest BCUT2D eigenvalue weighted by Gasteiger charge is 2.17. The Kier molecular flexibility index (Phi) is 5.44. The highest BCUT2D eigenvalue weighted by Crippen LogP contribution is 2.25. The Morgan fingerprint density at radius 2 is 1.70 bits per heavy atom. The Balaban J connectivity index is 2.11. The second-order valence-electron chi connectivity index (χ2n) is 4.73. The number of ether oxygens (including phenoxy) is 1. The van der Waals surface area contributed by atoms with Gasteiger partial charge in [0, 0.05) is 16.1 Å². The molecule has 2 nitrogen and oxygen atoms in total. The molecule has 0 saturated heterocycles. The maximum atomic E-state index is 6.13. The van der Waals surface area contributed by atoms with Crippen LogP contribution in [0.4, 0.5) is 0 Å². The van der Waals surface area contributed by atoms with Crippen LogP contribution in [0.2, 0.25) is 10.0 Å². The van der Waals surface area contributed by atoms with Gasteiger partial charge in [-0.1, -0.05) is 53.5 Å². The van der Waals surface area contributed by atoms with Gasteiger partial charge in [0.05, 0.1) is 12.7 Å². The number of rotatable bonds is 5. The molecule has 0 fully saturated rings. The molecule has 0 aliphatic rings. The van der Waals surface area contributed by atoms with Crippen LogP contribution in [0, 0.1) is 0 Å². The van der Waals surface area contributed by atoms with Crippen LogP contribution in [0.5, 0.6) is 0 Å². The van der Waals surface area contributed by atoms with Crippen molar-refractivity contribution in [1.82, 2.24) is 0 Å². The highest BCUT2D eigenvalue weighted by molar-refractivity contribution is 6.31. The monoisotopic (exact) mass is 309 g/mol. The van der Waals surface area contributed by atoms with Crippen LogP contribution >= 0.6 is 23.2 Å². The summed E-state index contributed by atoms with van der Waals surface area (Å²) in [6, 6.07) is 15.1. The van der Waals surface area contributed by atoms with E-state index in [1.54, 1.807) is 0 Å². The van der Waals surface area contributed by atoms with E-state index in [1.165, 1.54) is 0 Å². The summed E-state index contributed by atoms with van der Waals surface area (Å²) in [4.78, 5) is 0. The fraction of sp³-hybridized carbons (Fsp3) is 0.250. The van der Waals surface area contributed by atoms with E-state index < -0.39 is 0 Å². The molecule has 0 aromatic heterocycles. The molecule has 0 radical (unpaired) electrons. The second kappa shape index (κ2) is 7.09. The minimum Gasteiger partial charge on any atom is -0.367 e. The summed E-state index contributed by atoms with van der Waals surface area (Å²) in [5.41, 5.74) is 7.98. The summed E-state index contributed by atoms with van der Waals surface area (Å²) < 4.78 is 5.94. The van der Waals surface area contributed by atoms with Gasteiger partial charge in [-0.05, 0) is 36.2 Å². The number of halogens is 2. The normalized spacial score (nSPS) is 14.0. The molecule has 0 aliphatic carbocycles. The van der Waals surface area contributed by atoms with Crippen LogP contribution in [-0.4, -0.2) is 6.04 Å². The zero-order valence-corrected chi connectivity index (χ0v) is 12.7. The molecular formula is C16H17Cl2NO. The van der Waals surface area contributed by atoms with Gasteiger partial charge in [0.15, 0.2) is 0 Å². The van der Waals surface area contributed by atoms with E-state index in [9.17, 15) is 0 Å². The van der Waals surface area contributed by atoms with Crippen molar-refractivity contribution in [2.75, 3.05) is 0 Å². The lowest BCUT2D eigenvalue weighted by atomic mass is 10.0. The summed E-state index contributed by atoms with van der Waals surface area (Å²) in [6.07, 6.45) is -0.191. The summed E-state index contributed by atoms with van der Waals surface area (Å²) in [6.45, 7) is 2.35. The minimum absolute atomic E-state index is 0.126. The first-order valence-corrected chi connectivity index (χ1v) is 7.19. The molecule has 4 heteroatoms. The van der Waals surface area contributed by atoms with Crippen molar-refractivity contribution in [2.24, 2.45) is 5.73 Å². The molecule has 106 valence electrons. The van der Waals surface area contributed by atoms with Crippen LogP contribution in [0.25, 0.3) is 0 Å². The lowest BCUT2D eigenvalue weighted by Gasteiger charge is -2.22. The van der Waals surface area contributed by atoms with Gasteiger partial charge in [-0.15, -0.1) is 0 Å². The van der Waals surface area contributed by atoms with E-state index in [4.69, 9.17) is 33.7 Å². The van der Waals surface area contributed by atoms with E-state index in [0.29, 0.717) is 16.7 Å². The third kappa shape index (κ3) is 3.97. The average Bonchev–Trinajstić information content (AvgIpc) is 2.42. The van der Waals surface area contributed by atoms with Crippen LogP contribution in [0.3, 0.4) is 0 Å². The van der Waals surface area contributed by atoms with E-state index in [2.05, 4.69) is 0 Å². The molecule has 0 aliphatic heterocycles. The maximum Gasteiger partial charge on any atom is 0.0977 e. The van der Waals surface area contributed by atoms with Gasteiger partial charge >= 0.3 is 0 Å². The van der Waals surface area contributed by atoms with Crippen molar-refractivity contribution in [2.45, 2.75) is 25.7 Å². The fourth-order valence-corrected chi connectivity index (χ4v) is 2.32. The van der Waals surface area contributed by atoms with Crippen LogP contribution < -0.4 is 5.73 Å². The summed E-state index contributed by atoms with van der Waals surface area (Å²) in [7, 11) is 0. The molecule has 0 bridgehead atoms. The Labute approximate surface area is 129 Å². The van der Waals surface area contributed by atoms with Gasteiger partial charge in [-0.3, -0.25) is 0 Å². The zero-order valence-electron chi connectivity index (χ0n) is 11.2. The number of hydrogen-bond donors (Lipinski definition) is 1. The quantitative estimate of drug-likeness (QED) is 0.876. The van der Waals surface area contributed by atoms with Gasteiger partial charge < -0.3 is 10.5 Å². The minimum atomic E-state index is -0.191. The Morgan fingerprint density at radius 3 is 2.30 bits per heavy atom. The van der Waals surface area contributed by atoms with E-state index in [-0.39, 0.29) is 12.1 Å². The van der Waals surface area contributed by atoms with Crippen molar-refractivity contribution in [3.05, 3.63) is 69.7 Å². The van der Waals surface area contributed by atoms with Crippen LogP contribution in [0.15, 0.2) is 48.5 Å². The number of nitrogens with two attached hydrogens (primary N) is 1. The summed E-state index contributed by atoms with van der Waals surface area (Å²) in [5, 5.41) is 1.40. The molecule has 2 unspecified atom stereocenters. The lowest BCUT2D eigenvalue weighted by Crippen LogP contribution is -2.27. The smallest absolute Gasteiger partial charge is 0.0977 e. The summed E-state index contributed by atoms with van der Waals surface area (Å²) >= 11 is 12.0. The Hall–Kier alpha value is -1.06. The van der Waals surface area contributed by atoms with Gasteiger partial charge in [-0.2, -0.15) is 0 Å². The molecule has 2 atom stereocenters. The Bertz CT molecular complexity index is 555. The van der Waals surface area contributed by atoms with Crippen molar-refractivity contribution in [1.29, 1.82) is 0 Å². The van der Waals surface area contributed by atoms with E-state index in [0.717, 1.165) is 11.1 Å². The van der Waals surface area contributed by atoms with Crippen molar-refractivity contribution in [3.63, 3.8) is 0 Å². The number of benzene rings is 2. The molecule has 2 rings (SSSR count). The molecule has 0 saturated carbocycles. The van der Waals surface area contributed by atoms with Crippen molar-refractivity contribution >= 4 is 23.2 Å². The average molecular weight is 310 g/mol.